The highest BCUT2D eigenvalue weighted by Crippen LogP contribution is 1.87. The number of hydrogen-bond donors (Lipinski definition) is 1. The number of nitrogens with one attached hydrogen (secondary N) is 1. The van der Waals surface area contributed by atoms with E-state index >= 15 is 0 Å². The molecule has 0 aliphatic heterocycles. The van der Waals surface area contributed by atoms with Crippen LogP contribution in [-0.4, -0.2) is 9.55 Å². The van der Waals surface area contributed by atoms with E-state index in [1.165, 1.54) is 0 Å². The van der Waals surface area contributed by atoms with Crippen molar-refractivity contribution in [2.24, 2.45) is 7.05 Å². The highest BCUT2D eigenvalue weighted by molar-refractivity contribution is 7.72. The monoisotopic (exact) mass is 158 g/mol. The summed E-state index contributed by atoms with van der Waals surface area (Å²) in [5.74, 6) is 0. The second kappa shape index (κ2) is 2.41. The fourth-order valence-electron chi connectivity index (χ4n) is 0.493. The van der Waals surface area contributed by atoms with E-state index in [-0.39, 0.29) is 0 Å². The van der Waals surface area contributed by atoms with Crippen LogP contribution in [0.15, 0.2) is 12.3 Å². The lowest BCUT2D eigenvalue weighted by molar-refractivity contribution is 0.829. The van der Waals surface area contributed by atoms with Gasteiger partial charge in [-0.05, 0) is 18.3 Å². The predicted molar refractivity (Wildman–Crippen MR) is 41.4 cm³/mol. The Balaban J connectivity index is 3.62. The predicted octanol–water partition coefficient (Wildman–Crippen LogP) is 1.81. The van der Waals surface area contributed by atoms with Crippen LogP contribution in [0, 0.1) is 9.41 Å². The van der Waals surface area contributed by atoms with Gasteiger partial charge in [0.25, 0.3) is 0 Å². The number of aromatic nitrogens is 2. The van der Waals surface area contributed by atoms with E-state index in [9.17, 15) is 0 Å². The van der Waals surface area contributed by atoms with Crippen molar-refractivity contribution < 1.29 is 0 Å². The number of nitrogens with zero attached hydrogens (tertiary/aromatic N) is 1. The summed E-state index contributed by atoms with van der Waals surface area (Å²) in [6.07, 6.45) is 1.74. The lowest BCUT2D eigenvalue weighted by Crippen LogP contribution is -1.94. The molecule has 0 atom stereocenters. The van der Waals surface area contributed by atoms with Crippen molar-refractivity contribution in [3.05, 3.63) is 21.7 Å². The van der Waals surface area contributed by atoms with Crippen molar-refractivity contribution >= 4 is 24.4 Å². The van der Waals surface area contributed by atoms with Gasteiger partial charge in [-0.1, -0.05) is 12.2 Å². The van der Waals surface area contributed by atoms with Crippen molar-refractivity contribution in [1.29, 1.82) is 0 Å². The van der Waals surface area contributed by atoms with Crippen LogP contribution in [0.1, 0.15) is 0 Å². The number of hydrogen-bond acceptors (Lipinski definition) is 2. The van der Waals surface area contributed by atoms with Gasteiger partial charge in [0.2, 0.25) is 0 Å². The van der Waals surface area contributed by atoms with Crippen LogP contribution in [0.3, 0.4) is 0 Å². The van der Waals surface area contributed by atoms with Crippen LogP contribution < -0.4 is 0 Å². The van der Waals surface area contributed by atoms with Crippen LogP contribution in [0.25, 0.3) is 0 Å². The van der Waals surface area contributed by atoms with E-state index in [2.05, 4.69) is 4.98 Å². The van der Waals surface area contributed by atoms with Gasteiger partial charge in [-0.25, -0.2) is 0 Å². The van der Waals surface area contributed by atoms with E-state index in [0.29, 0.717) is 4.77 Å². The third-order valence-corrected chi connectivity index (χ3v) is 1.87. The fourth-order valence-corrected chi connectivity index (χ4v) is 0.876. The second-order valence-electron chi connectivity index (χ2n) is 1.68. The maximum Gasteiger partial charge on any atom is 0.177 e. The Kier molecular flexibility index (Phi) is 1.78. The molecule has 0 aromatic carbocycles. The van der Waals surface area contributed by atoms with Gasteiger partial charge in [-0.3, -0.25) is 0 Å². The molecule has 1 rings (SSSR count). The Labute approximate surface area is 63.2 Å². The molecule has 0 fully saturated rings. The van der Waals surface area contributed by atoms with Gasteiger partial charge in [0.15, 0.2) is 4.77 Å². The minimum atomic E-state index is 0.655. The SMILES string of the molecule is Cn1c(=S)cc[nH]c1=S. The maximum absolute atomic E-state index is 4.92. The van der Waals surface area contributed by atoms with Crippen LogP contribution in [0.2, 0.25) is 0 Å². The van der Waals surface area contributed by atoms with Gasteiger partial charge < -0.3 is 9.55 Å². The summed E-state index contributed by atoms with van der Waals surface area (Å²) in [5.41, 5.74) is 0. The molecule has 0 aliphatic rings. The normalized spacial score (nSPS) is 9.44. The first kappa shape index (κ1) is 6.64. The first-order chi connectivity index (χ1) is 4.22. The molecular weight excluding hydrogens is 152 g/mol. The van der Waals surface area contributed by atoms with Gasteiger partial charge >= 0.3 is 0 Å². The Morgan fingerprint density at radius 3 is 2.67 bits per heavy atom. The zero-order valence-electron chi connectivity index (χ0n) is 4.92. The highest BCUT2D eigenvalue weighted by Gasteiger charge is 1.81. The molecule has 0 amide bonds. The lowest BCUT2D eigenvalue weighted by Gasteiger charge is -1.94. The molecule has 2 nitrogen and oxygen atoms in total. The molecular formula is C5H6N2S2. The van der Waals surface area contributed by atoms with E-state index < -0.39 is 0 Å². The van der Waals surface area contributed by atoms with E-state index in [1.807, 2.05) is 7.05 Å². The molecule has 9 heavy (non-hydrogen) atoms. The molecule has 0 radical (unpaired) electrons. The molecule has 0 aliphatic carbocycles. The molecule has 0 spiro atoms. The largest absolute Gasteiger partial charge is 0.339 e. The zero-order valence-corrected chi connectivity index (χ0v) is 6.55. The van der Waals surface area contributed by atoms with Crippen molar-refractivity contribution in [3.8, 4) is 0 Å². The highest BCUT2D eigenvalue weighted by atomic mass is 32.1. The first-order valence-corrected chi connectivity index (χ1v) is 3.28. The molecule has 0 saturated carbocycles. The topological polar surface area (TPSA) is 20.7 Å². The third kappa shape index (κ3) is 1.25. The minimum Gasteiger partial charge on any atom is -0.339 e. The van der Waals surface area contributed by atoms with Gasteiger partial charge in [0, 0.05) is 13.2 Å². The smallest absolute Gasteiger partial charge is 0.177 e. The molecule has 48 valence electrons. The standard InChI is InChI=1S/C5H6N2S2/c1-7-4(8)2-3-6-5(7)9/h2-3H,1H3,(H,6,9). The summed E-state index contributed by atoms with van der Waals surface area (Å²) in [6, 6.07) is 1.80. The lowest BCUT2D eigenvalue weighted by atomic mass is 10.7. The fraction of sp³-hybridized carbons (Fsp3) is 0.200. The molecule has 0 unspecified atom stereocenters. The quantitative estimate of drug-likeness (QED) is 0.581. The summed E-state index contributed by atoms with van der Waals surface area (Å²) in [6.45, 7) is 0. The van der Waals surface area contributed by atoms with Crippen LogP contribution >= 0.6 is 24.4 Å². The third-order valence-electron chi connectivity index (χ3n) is 1.07. The number of rotatable bonds is 0. The summed E-state index contributed by atoms with van der Waals surface area (Å²) < 4.78 is 3.14. The summed E-state index contributed by atoms with van der Waals surface area (Å²) in [7, 11) is 1.83. The Morgan fingerprint density at radius 2 is 2.22 bits per heavy atom. The van der Waals surface area contributed by atoms with Gasteiger partial charge in [-0.2, -0.15) is 0 Å². The zero-order chi connectivity index (χ0) is 6.85. The molecule has 1 aromatic rings. The van der Waals surface area contributed by atoms with E-state index in [4.69, 9.17) is 24.4 Å². The van der Waals surface area contributed by atoms with Crippen LogP contribution in [0.4, 0.5) is 0 Å². The summed E-state index contributed by atoms with van der Waals surface area (Å²) in [5, 5.41) is 0. The molecule has 1 aromatic heterocycles. The molecule has 0 bridgehead atoms. The minimum absolute atomic E-state index is 0.655. The van der Waals surface area contributed by atoms with Crippen molar-refractivity contribution in [2.45, 2.75) is 0 Å². The molecule has 0 saturated heterocycles. The molecule has 1 N–H and O–H groups in total. The Morgan fingerprint density at radius 1 is 1.56 bits per heavy atom. The van der Waals surface area contributed by atoms with Gasteiger partial charge in [0.05, 0.1) is 0 Å². The van der Waals surface area contributed by atoms with Crippen molar-refractivity contribution in [3.63, 3.8) is 0 Å². The average molecular weight is 158 g/mol. The number of H-pyrrole nitrogens is 1. The van der Waals surface area contributed by atoms with Gasteiger partial charge in [-0.15, -0.1) is 0 Å². The summed E-state index contributed by atoms with van der Waals surface area (Å²) in [4.78, 5) is 2.85. The average Bonchev–Trinajstić information content (AvgIpc) is 1.83. The molecule has 1 heterocycles. The first-order valence-electron chi connectivity index (χ1n) is 2.46. The summed E-state index contributed by atoms with van der Waals surface area (Å²) >= 11 is 9.80. The molecule has 4 heteroatoms. The second-order valence-corrected chi connectivity index (χ2v) is 2.49. The Hall–Kier alpha value is -0.480. The maximum atomic E-state index is 4.92. The van der Waals surface area contributed by atoms with Crippen molar-refractivity contribution in [1.82, 2.24) is 9.55 Å². The van der Waals surface area contributed by atoms with Gasteiger partial charge in [0.1, 0.15) is 4.64 Å². The van der Waals surface area contributed by atoms with Crippen LogP contribution in [-0.2, 0) is 7.05 Å². The van der Waals surface area contributed by atoms with E-state index in [0.717, 1.165) is 4.64 Å². The van der Waals surface area contributed by atoms with Crippen LogP contribution in [0.5, 0.6) is 0 Å². The van der Waals surface area contributed by atoms with Crippen molar-refractivity contribution in [2.75, 3.05) is 0 Å². The van der Waals surface area contributed by atoms with E-state index in [1.54, 1.807) is 16.8 Å². The Bertz CT molecular complexity index is 281. The number of aromatic amines is 1.